The molecule has 0 unspecified atom stereocenters. The number of fused-ring (bicyclic) bond motifs is 1. The molecule has 0 fully saturated rings. The summed E-state index contributed by atoms with van der Waals surface area (Å²) in [7, 11) is 0. The van der Waals surface area contributed by atoms with Crippen molar-refractivity contribution in [2.24, 2.45) is 0 Å². The molecule has 0 aliphatic rings. The first-order valence-corrected chi connectivity index (χ1v) is 10.3. The summed E-state index contributed by atoms with van der Waals surface area (Å²) in [5.74, 6) is -1.68. The van der Waals surface area contributed by atoms with Crippen LogP contribution in [0.3, 0.4) is 0 Å². The van der Waals surface area contributed by atoms with E-state index >= 15 is 0 Å². The van der Waals surface area contributed by atoms with Crippen molar-refractivity contribution in [2.75, 3.05) is 5.32 Å². The lowest BCUT2D eigenvalue weighted by atomic mass is 10.2. The molecule has 2 aromatic heterocycles. The molecule has 0 aliphatic heterocycles. The molecule has 10 heteroatoms. The molecule has 2 aromatic carbocycles. The lowest BCUT2D eigenvalue weighted by Crippen LogP contribution is -2.11. The molecule has 0 aliphatic carbocycles. The van der Waals surface area contributed by atoms with Crippen molar-refractivity contribution in [1.29, 1.82) is 0 Å². The second kappa shape index (κ2) is 7.67. The number of thioether (sulfide) groups is 1. The Morgan fingerprint density at radius 2 is 1.93 bits per heavy atom. The second-order valence-corrected chi connectivity index (χ2v) is 8.58. The van der Waals surface area contributed by atoms with E-state index in [2.05, 4.69) is 20.5 Å². The largest absolute Gasteiger partial charge is 0.294 e. The Morgan fingerprint density at radius 1 is 1.07 bits per heavy atom. The number of amides is 1. The Morgan fingerprint density at radius 3 is 2.74 bits per heavy atom. The fraction of sp³-hybridized carbons (Fsp3) is 0.0588. The minimum absolute atomic E-state index is 0.343. The predicted molar refractivity (Wildman–Crippen MR) is 103 cm³/mol. The van der Waals surface area contributed by atoms with E-state index in [0.29, 0.717) is 25.8 Å². The van der Waals surface area contributed by atoms with Gasteiger partial charge in [0.15, 0.2) is 21.0 Å². The Kier molecular flexibility index (Phi) is 5.10. The molecule has 0 saturated heterocycles. The van der Waals surface area contributed by atoms with E-state index in [-0.39, 0.29) is 5.91 Å². The normalized spacial score (nSPS) is 11.0. The number of halogens is 2. The summed E-state index contributed by atoms with van der Waals surface area (Å²) < 4.78 is 27.7. The molecule has 0 spiro atoms. The Balaban J connectivity index is 1.40. The van der Waals surface area contributed by atoms with Gasteiger partial charge in [-0.25, -0.2) is 13.8 Å². The van der Waals surface area contributed by atoms with E-state index in [4.69, 9.17) is 0 Å². The van der Waals surface area contributed by atoms with Gasteiger partial charge in [-0.15, -0.1) is 21.5 Å². The van der Waals surface area contributed by atoms with E-state index in [9.17, 15) is 13.6 Å². The molecule has 27 heavy (non-hydrogen) atoms. The maximum atomic E-state index is 13.2. The number of rotatable bonds is 5. The number of carbonyl (C=O) groups excluding carboxylic acids is 1. The van der Waals surface area contributed by atoms with Crippen LogP contribution in [0.25, 0.3) is 10.2 Å². The van der Waals surface area contributed by atoms with Gasteiger partial charge in [0.1, 0.15) is 0 Å². The fourth-order valence-corrected chi connectivity index (χ4v) is 4.76. The van der Waals surface area contributed by atoms with Gasteiger partial charge >= 0.3 is 0 Å². The Hall–Kier alpha value is -2.43. The molecule has 1 N–H and O–H groups in total. The first-order chi connectivity index (χ1) is 13.1. The van der Waals surface area contributed by atoms with E-state index in [1.165, 1.54) is 40.5 Å². The van der Waals surface area contributed by atoms with Crippen LogP contribution < -0.4 is 5.32 Å². The zero-order chi connectivity index (χ0) is 18.8. The van der Waals surface area contributed by atoms with Crippen LogP contribution in [-0.2, 0) is 5.75 Å². The highest BCUT2D eigenvalue weighted by Gasteiger charge is 2.15. The van der Waals surface area contributed by atoms with Gasteiger partial charge in [-0.1, -0.05) is 41.3 Å². The molecule has 0 saturated carbocycles. The van der Waals surface area contributed by atoms with Crippen LogP contribution in [0.5, 0.6) is 0 Å². The number of nitrogens with zero attached hydrogens (tertiary/aromatic N) is 3. The lowest BCUT2D eigenvalue weighted by molar-refractivity contribution is 0.102. The number of hydrogen-bond donors (Lipinski definition) is 1. The zero-order valence-electron chi connectivity index (χ0n) is 13.5. The first-order valence-electron chi connectivity index (χ1n) is 7.65. The van der Waals surface area contributed by atoms with Gasteiger partial charge in [0, 0.05) is 5.75 Å². The van der Waals surface area contributed by atoms with E-state index < -0.39 is 11.6 Å². The SMILES string of the molecule is O=C(Nc1nnc(SCc2ccc(F)c(F)c2)s1)c1nc2ccccc2s1. The van der Waals surface area contributed by atoms with Gasteiger partial charge in [0.25, 0.3) is 5.91 Å². The zero-order valence-corrected chi connectivity index (χ0v) is 15.9. The van der Waals surface area contributed by atoms with Crippen molar-refractivity contribution in [1.82, 2.24) is 15.2 Å². The topological polar surface area (TPSA) is 67.8 Å². The first kappa shape index (κ1) is 18.0. The highest BCUT2D eigenvalue weighted by atomic mass is 32.2. The molecule has 0 atom stereocenters. The molecule has 5 nitrogen and oxygen atoms in total. The number of anilines is 1. The average Bonchev–Trinajstić information content (AvgIpc) is 3.29. The lowest BCUT2D eigenvalue weighted by Gasteiger charge is -1.99. The number of benzene rings is 2. The molecule has 4 rings (SSSR count). The third-order valence-electron chi connectivity index (χ3n) is 3.46. The van der Waals surface area contributed by atoms with Crippen molar-refractivity contribution in [3.8, 4) is 0 Å². The molecule has 2 heterocycles. The number of hydrogen-bond acceptors (Lipinski definition) is 7. The van der Waals surface area contributed by atoms with Crippen LogP contribution in [0, 0.1) is 11.6 Å². The average molecular weight is 420 g/mol. The molecule has 1 amide bonds. The van der Waals surface area contributed by atoms with Crippen LogP contribution >= 0.6 is 34.4 Å². The molecular formula is C17H10F2N4OS3. The third-order valence-corrected chi connectivity index (χ3v) is 6.54. The van der Waals surface area contributed by atoms with Gasteiger partial charge < -0.3 is 0 Å². The summed E-state index contributed by atoms with van der Waals surface area (Å²) in [4.78, 5) is 16.6. The molecular weight excluding hydrogens is 410 g/mol. The number of para-hydroxylation sites is 1. The predicted octanol–water partition coefficient (Wildman–Crippen LogP) is 4.97. The number of carbonyl (C=O) groups is 1. The maximum Gasteiger partial charge on any atom is 0.286 e. The minimum Gasteiger partial charge on any atom is -0.294 e. The molecule has 0 bridgehead atoms. The highest BCUT2D eigenvalue weighted by Crippen LogP contribution is 2.29. The molecule has 0 radical (unpaired) electrons. The van der Waals surface area contributed by atoms with E-state index in [1.54, 1.807) is 0 Å². The third kappa shape index (κ3) is 4.12. The fourth-order valence-electron chi connectivity index (χ4n) is 2.21. The van der Waals surface area contributed by atoms with Crippen LogP contribution in [0.15, 0.2) is 46.8 Å². The molecule has 136 valence electrons. The van der Waals surface area contributed by atoms with Crippen molar-refractivity contribution in [2.45, 2.75) is 10.1 Å². The summed E-state index contributed by atoms with van der Waals surface area (Å²) in [6.45, 7) is 0. The van der Waals surface area contributed by atoms with E-state index in [1.807, 2.05) is 24.3 Å². The van der Waals surface area contributed by atoms with Gasteiger partial charge in [-0.05, 0) is 29.8 Å². The van der Waals surface area contributed by atoms with Crippen molar-refractivity contribution in [3.05, 3.63) is 64.7 Å². The monoisotopic (exact) mass is 420 g/mol. The van der Waals surface area contributed by atoms with Crippen LogP contribution in [-0.4, -0.2) is 21.1 Å². The van der Waals surface area contributed by atoms with Gasteiger partial charge in [-0.2, -0.15) is 0 Å². The van der Waals surface area contributed by atoms with Crippen LogP contribution in [0.4, 0.5) is 13.9 Å². The standard InChI is InChI=1S/C17H10F2N4OS3/c18-10-6-5-9(7-11(10)19)8-25-17-23-22-16(27-17)21-14(24)15-20-12-3-1-2-4-13(12)26-15/h1-7H,8H2,(H,21,22,24). The Bertz CT molecular complexity index is 1100. The van der Waals surface area contributed by atoms with Crippen LogP contribution in [0.2, 0.25) is 0 Å². The van der Waals surface area contributed by atoms with Gasteiger partial charge in [0.05, 0.1) is 10.2 Å². The van der Waals surface area contributed by atoms with Gasteiger partial charge in [0.2, 0.25) is 5.13 Å². The summed E-state index contributed by atoms with van der Waals surface area (Å²) in [5.41, 5.74) is 1.40. The molecule has 4 aromatic rings. The quantitative estimate of drug-likeness (QED) is 0.365. The van der Waals surface area contributed by atoms with Crippen LogP contribution in [0.1, 0.15) is 15.4 Å². The highest BCUT2D eigenvalue weighted by molar-refractivity contribution is 8.00. The van der Waals surface area contributed by atoms with Crippen molar-refractivity contribution < 1.29 is 13.6 Å². The number of nitrogens with one attached hydrogen (secondary N) is 1. The van der Waals surface area contributed by atoms with Crippen molar-refractivity contribution in [3.63, 3.8) is 0 Å². The number of aromatic nitrogens is 3. The summed E-state index contributed by atoms with van der Waals surface area (Å²) in [6, 6.07) is 11.3. The van der Waals surface area contributed by atoms with Crippen molar-refractivity contribution >= 4 is 55.7 Å². The minimum atomic E-state index is -0.880. The Labute approximate surface area is 164 Å². The number of thiazole rings is 1. The smallest absolute Gasteiger partial charge is 0.286 e. The maximum absolute atomic E-state index is 13.2. The van der Waals surface area contributed by atoms with Gasteiger partial charge in [-0.3, -0.25) is 10.1 Å². The summed E-state index contributed by atoms with van der Waals surface area (Å²) in [5, 5.41) is 11.3. The van der Waals surface area contributed by atoms with E-state index in [0.717, 1.165) is 22.3 Å². The summed E-state index contributed by atoms with van der Waals surface area (Å²) >= 11 is 3.84. The second-order valence-electron chi connectivity index (χ2n) is 5.35. The summed E-state index contributed by atoms with van der Waals surface area (Å²) in [6.07, 6.45) is 0.